The maximum absolute atomic E-state index is 8.76. The minimum Gasteiger partial charge on any atom is -0.305 e. The summed E-state index contributed by atoms with van der Waals surface area (Å²) in [6.07, 6.45) is 0.734. The molecule has 0 atom stereocenters. The van der Waals surface area contributed by atoms with Gasteiger partial charge in [-0.25, -0.2) is 0 Å². The standard InChI is InChI=1S/C28H24N.C19H26GeN.Ir/c1-28(2,3)18-19-14-15-29-27(16-19)20-12-13-25-23-10-5-4-8-21(23)22-9-6-7-11-24(22)26(25)17-20;1-19(2,3)13-16-12-18(15-10-8-7-9-11-15)21-14-17(16)20(4,5)6;/h4-11,13-17H,18H2,1-3H3;7-10,12,14H,13H2,1-6H3;/q2*-1;/i18D2;13D2;. The van der Waals surface area contributed by atoms with Gasteiger partial charge >= 0.3 is 135 Å². The number of hydrogen-bond acceptors (Lipinski definition) is 2. The predicted octanol–water partition coefficient (Wildman–Crippen LogP) is 12.3. The minimum absolute atomic E-state index is 0. The van der Waals surface area contributed by atoms with Crippen LogP contribution >= 0.6 is 0 Å². The summed E-state index contributed by atoms with van der Waals surface area (Å²) >= 11 is -2.24. The van der Waals surface area contributed by atoms with Crippen molar-refractivity contribution in [2.45, 2.75) is 71.6 Å². The Kier molecular flexibility index (Phi) is 10.1. The number of aromatic nitrogens is 2. The van der Waals surface area contributed by atoms with Gasteiger partial charge in [-0.1, -0.05) is 97.1 Å². The Labute approximate surface area is 327 Å². The third kappa shape index (κ3) is 9.43. The molecule has 5 aromatic carbocycles. The number of hydrogen-bond donors (Lipinski definition) is 0. The van der Waals surface area contributed by atoms with Gasteiger partial charge in [0.25, 0.3) is 0 Å². The molecule has 263 valence electrons. The van der Waals surface area contributed by atoms with Crippen molar-refractivity contribution in [1.82, 2.24) is 9.97 Å². The average Bonchev–Trinajstić information content (AvgIpc) is 3.14. The first kappa shape index (κ1) is 33.2. The van der Waals surface area contributed by atoms with Crippen molar-refractivity contribution in [1.29, 1.82) is 0 Å². The zero-order valence-electron chi connectivity index (χ0n) is 35.2. The third-order valence-electron chi connectivity index (χ3n) is 8.44. The minimum atomic E-state index is -2.24. The molecule has 0 fully saturated rings. The van der Waals surface area contributed by atoms with E-state index in [0.29, 0.717) is 5.56 Å². The summed E-state index contributed by atoms with van der Waals surface area (Å²) in [4.78, 5) is 9.18. The van der Waals surface area contributed by atoms with Crippen LogP contribution in [0.4, 0.5) is 0 Å². The van der Waals surface area contributed by atoms with Crippen LogP contribution in [0.5, 0.6) is 0 Å². The molecule has 0 saturated carbocycles. The van der Waals surface area contributed by atoms with E-state index in [-0.39, 0.29) is 20.1 Å². The SMILES string of the molecule is [2H]C([2H])(c1cc(-c2[c-]cccc2)nc[c]1[Ge]([CH3])([CH3])[CH3])C(C)(C)C.[2H]C([2H])(c1ccnc(-c2[c-]cc3c4ccccc4c4ccccc4c3c2)c1)C(C)(C)C.[Ir]. The van der Waals surface area contributed by atoms with Crippen molar-refractivity contribution in [3.05, 3.63) is 139 Å². The van der Waals surface area contributed by atoms with Crippen LogP contribution in [0.1, 0.15) is 58.2 Å². The molecule has 7 rings (SSSR count). The monoisotopic (exact) mass is 913 g/mol. The summed E-state index contributed by atoms with van der Waals surface area (Å²) in [6, 6.07) is 41.1. The number of pyridine rings is 2. The Bertz CT molecular complexity index is 2430. The van der Waals surface area contributed by atoms with E-state index >= 15 is 0 Å². The molecule has 0 aliphatic rings. The topological polar surface area (TPSA) is 25.8 Å². The average molecular weight is 912 g/mol. The molecule has 0 saturated heterocycles. The van der Waals surface area contributed by atoms with E-state index in [1.165, 1.54) is 26.9 Å². The first-order chi connectivity index (χ1) is 25.2. The van der Waals surface area contributed by atoms with Crippen LogP contribution in [-0.4, -0.2) is 23.2 Å². The summed E-state index contributed by atoms with van der Waals surface area (Å²) in [5.74, 6) is 6.86. The Morgan fingerprint density at radius 3 is 1.75 bits per heavy atom. The van der Waals surface area contributed by atoms with E-state index in [1.807, 2.05) is 90.2 Å². The molecule has 0 aliphatic carbocycles. The summed E-state index contributed by atoms with van der Waals surface area (Å²) in [5.41, 5.74) is 3.77. The molecular weight excluding hydrogens is 857 g/mol. The van der Waals surface area contributed by atoms with E-state index in [9.17, 15) is 0 Å². The van der Waals surface area contributed by atoms with Gasteiger partial charge in [-0.05, 0) is 39.7 Å². The van der Waals surface area contributed by atoms with E-state index in [0.717, 1.165) is 37.9 Å². The van der Waals surface area contributed by atoms with Crippen molar-refractivity contribution in [2.24, 2.45) is 10.8 Å². The van der Waals surface area contributed by atoms with Gasteiger partial charge in [0.2, 0.25) is 0 Å². The van der Waals surface area contributed by atoms with Crippen molar-refractivity contribution < 1.29 is 25.6 Å². The van der Waals surface area contributed by atoms with Gasteiger partial charge in [0.1, 0.15) is 0 Å². The summed E-state index contributed by atoms with van der Waals surface area (Å²) in [6.45, 7) is 11.6. The summed E-state index contributed by atoms with van der Waals surface area (Å²) < 4.78 is 35.9. The van der Waals surface area contributed by atoms with Crippen LogP contribution in [0, 0.1) is 23.0 Å². The van der Waals surface area contributed by atoms with E-state index in [1.54, 1.807) is 12.3 Å². The molecule has 2 nitrogen and oxygen atoms in total. The fourth-order valence-electron chi connectivity index (χ4n) is 6.34. The zero-order chi connectivity index (χ0) is 39.3. The van der Waals surface area contributed by atoms with Crippen LogP contribution in [0.3, 0.4) is 0 Å². The normalized spacial score (nSPS) is 13.7. The second-order valence-corrected chi connectivity index (χ2v) is 26.7. The van der Waals surface area contributed by atoms with Gasteiger partial charge in [0, 0.05) is 29.0 Å². The Balaban J connectivity index is 0.000000217. The van der Waals surface area contributed by atoms with Crippen LogP contribution in [0.15, 0.2) is 116 Å². The van der Waals surface area contributed by atoms with Crippen LogP contribution in [-0.2, 0) is 32.9 Å². The number of fused-ring (bicyclic) bond motifs is 6. The van der Waals surface area contributed by atoms with Crippen LogP contribution in [0.25, 0.3) is 54.8 Å². The second-order valence-electron chi connectivity index (χ2n) is 16.1. The van der Waals surface area contributed by atoms with E-state index in [4.69, 9.17) is 5.48 Å². The first-order valence-electron chi connectivity index (χ1n) is 19.4. The fraction of sp³-hybridized carbons (Fsp3) is 0.277. The molecule has 0 aliphatic heterocycles. The molecule has 0 unspecified atom stereocenters. The van der Waals surface area contributed by atoms with E-state index < -0.39 is 36.8 Å². The fourth-order valence-corrected chi connectivity index (χ4v) is 9.27. The largest absolute Gasteiger partial charge is 0.305 e. The number of benzene rings is 5. The van der Waals surface area contributed by atoms with Gasteiger partial charge in [-0.3, -0.25) is 0 Å². The summed E-state index contributed by atoms with van der Waals surface area (Å²) in [5, 5.41) is 7.21. The zero-order valence-corrected chi connectivity index (χ0v) is 35.7. The molecule has 2 heterocycles. The Hall–Kier alpha value is -3.63. The molecule has 0 amide bonds. The maximum atomic E-state index is 8.76. The molecule has 1 radical (unpaired) electrons. The molecule has 4 heteroatoms. The quantitative estimate of drug-likeness (QED) is 0.0977. The Morgan fingerprint density at radius 2 is 1.18 bits per heavy atom. The van der Waals surface area contributed by atoms with Crippen molar-refractivity contribution >= 4 is 50.0 Å². The molecular formula is C47H50GeIrN2-2. The number of rotatable bonds is 5. The van der Waals surface area contributed by atoms with Gasteiger partial charge < -0.3 is 4.98 Å². The van der Waals surface area contributed by atoms with Crippen LogP contribution in [0.2, 0.25) is 17.3 Å². The van der Waals surface area contributed by atoms with Gasteiger partial charge in [0.15, 0.2) is 0 Å². The van der Waals surface area contributed by atoms with Crippen molar-refractivity contribution in [3.63, 3.8) is 0 Å². The van der Waals surface area contributed by atoms with Crippen molar-refractivity contribution in [3.8, 4) is 22.5 Å². The molecule has 2 aromatic heterocycles. The van der Waals surface area contributed by atoms with Gasteiger partial charge in [-0.15, -0.1) is 23.8 Å². The maximum Gasteiger partial charge on any atom is 0.0321 e. The molecule has 0 bridgehead atoms. The molecule has 0 spiro atoms. The van der Waals surface area contributed by atoms with Gasteiger partial charge in [0.05, 0.1) is 0 Å². The smallest absolute Gasteiger partial charge is 0.0321 e. The van der Waals surface area contributed by atoms with Gasteiger partial charge in [-0.2, -0.15) is 0 Å². The first-order valence-corrected chi connectivity index (χ1v) is 24.8. The number of nitrogens with zero attached hydrogens (tertiary/aromatic N) is 2. The predicted molar refractivity (Wildman–Crippen MR) is 219 cm³/mol. The van der Waals surface area contributed by atoms with Crippen molar-refractivity contribution in [2.75, 3.05) is 0 Å². The Morgan fingerprint density at radius 1 is 0.608 bits per heavy atom. The second kappa shape index (κ2) is 15.5. The molecule has 7 aromatic rings. The van der Waals surface area contributed by atoms with E-state index in [2.05, 4.69) is 94.0 Å². The third-order valence-corrected chi connectivity index (χ3v) is 12.7. The molecule has 0 N–H and O–H groups in total. The van der Waals surface area contributed by atoms with Crippen LogP contribution < -0.4 is 4.40 Å². The molecule has 51 heavy (non-hydrogen) atoms. The summed E-state index contributed by atoms with van der Waals surface area (Å²) in [7, 11) is 0.